The Morgan fingerprint density at radius 1 is 1.50 bits per heavy atom. The summed E-state index contributed by atoms with van der Waals surface area (Å²) in [6.07, 6.45) is 4.21. The van der Waals surface area contributed by atoms with Crippen LogP contribution in [0.15, 0.2) is 18.3 Å². The highest BCUT2D eigenvalue weighted by Crippen LogP contribution is 2.32. The van der Waals surface area contributed by atoms with E-state index in [1.165, 1.54) is 5.69 Å². The second-order valence-electron chi connectivity index (χ2n) is 4.01. The average molecular weight is 194 g/mol. The molecule has 1 aromatic heterocycles. The van der Waals surface area contributed by atoms with E-state index in [2.05, 4.69) is 22.4 Å². The van der Waals surface area contributed by atoms with Crippen molar-refractivity contribution in [2.75, 3.05) is 26.8 Å². The Bertz CT molecular complexity index is 257. The van der Waals surface area contributed by atoms with Gasteiger partial charge < -0.3 is 15.0 Å². The number of H-pyrrole nitrogens is 1. The van der Waals surface area contributed by atoms with Gasteiger partial charge in [0.15, 0.2) is 0 Å². The average Bonchev–Trinajstić information content (AvgIpc) is 2.73. The van der Waals surface area contributed by atoms with E-state index < -0.39 is 0 Å². The number of likely N-dealkylation sites (N-methyl/N-ethyl adjacent to an activating group) is 1. The van der Waals surface area contributed by atoms with Gasteiger partial charge in [0.05, 0.1) is 0 Å². The van der Waals surface area contributed by atoms with Crippen molar-refractivity contribution >= 4 is 0 Å². The minimum atomic E-state index is 0.260. The third-order valence-electron chi connectivity index (χ3n) is 3.13. The molecule has 14 heavy (non-hydrogen) atoms. The summed E-state index contributed by atoms with van der Waals surface area (Å²) in [5.41, 5.74) is 1.60. The molecule has 1 fully saturated rings. The van der Waals surface area contributed by atoms with Gasteiger partial charge in [-0.25, -0.2) is 0 Å². The van der Waals surface area contributed by atoms with Crippen LogP contribution in [-0.2, 0) is 10.2 Å². The molecule has 78 valence electrons. The topological polar surface area (TPSA) is 37.0 Å². The summed E-state index contributed by atoms with van der Waals surface area (Å²) in [6.45, 7) is 2.78. The lowest BCUT2D eigenvalue weighted by Gasteiger charge is -2.36. The van der Waals surface area contributed by atoms with Crippen LogP contribution >= 0.6 is 0 Å². The van der Waals surface area contributed by atoms with Gasteiger partial charge in [0, 0.05) is 37.1 Å². The zero-order chi connectivity index (χ0) is 9.86. The molecule has 1 aromatic rings. The van der Waals surface area contributed by atoms with Crippen molar-refractivity contribution in [2.45, 2.75) is 18.3 Å². The Labute approximate surface area is 84.9 Å². The van der Waals surface area contributed by atoms with E-state index in [1.54, 1.807) is 0 Å². The second kappa shape index (κ2) is 4.15. The molecule has 0 aliphatic carbocycles. The third-order valence-corrected chi connectivity index (χ3v) is 3.13. The second-order valence-corrected chi connectivity index (χ2v) is 4.01. The first kappa shape index (κ1) is 9.74. The molecule has 0 aromatic carbocycles. The molecule has 0 saturated carbocycles. The van der Waals surface area contributed by atoms with Crippen molar-refractivity contribution < 1.29 is 4.74 Å². The van der Waals surface area contributed by atoms with Gasteiger partial charge in [0.2, 0.25) is 0 Å². The number of hydrogen-bond donors (Lipinski definition) is 2. The summed E-state index contributed by atoms with van der Waals surface area (Å²) in [7, 11) is 2.01. The van der Waals surface area contributed by atoms with Gasteiger partial charge in [-0.3, -0.25) is 0 Å². The van der Waals surface area contributed by atoms with Crippen LogP contribution in [0.1, 0.15) is 18.5 Å². The fourth-order valence-electron chi connectivity index (χ4n) is 2.30. The lowest BCUT2D eigenvalue weighted by molar-refractivity contribution is 0.0493. The first-order chi connectivity index (χ1) is 6.87. The molecule has 3 nitrogen and oxygen atoms in total. The van der Waals surface area contributed by atoms with Gasteiger partial charge in [-0.05, 0) is 32.0 Å². The quantitative estimate of drug-likeness (QED) is 0.760. The molecular formula is C11H18N2O. The molecule has 1 saturated heterocycles. The smallest absolute Gasteiger partial charge is 0.0475 e. The summed E-state index contributed by atoms with van der Waals surface area (Å²) in [5, 5.41) is 3.29. The van der Waals surface area contributed by atoms with E-state index in [4.69, 9.17) is 4.74 Å². The van der Waals surface area contributed by atoms with Gasteiger partial charge in [0.1, 0.15) is 0 Å². The minimum Gasteiger partial charge on any atom is -0.381 e. The molecule has 0 spiro atoms. The van der Waals surface area contributed by atoms with Crippen LogP contribution in [0.3, 0.4) is 0 Å². The van der Waals surface area contributed by atoms with Crippen LogP contribution in [-0.4, -0.2) is 31.8 Å². The fourth-order valence-corrected chi connectivity index (χ4v) is 2.30. The summed E-state index contributed by atoms with van der Waals surface area (Å²) < 4.78 is 5.43. The van der Waals surface area contributed by atoms with E-state index in [0.29, 0.717) is 0 Å². The largest absolute Gasteiger partial charge is 0.381 e. The Morgan fingerprint density at radius 2 is 2.29 bits per heavy atom. The van der Waals surface area contributed by atoms with Crippen LogP contribution in [0.4, 0.5) is 0 Å². The predicted molar refractivity (Wildman–Crippen MR) is 56.5 cm³/mol. The van der Waals surface area contributed by atoms with Crippen LogP contribution in [0.5, 0.6) is 0 Å². The molecule has 0 atom stereocenters. The standard InChI is InChI=1S/C11H18N2O/c1-12-9-11(4-7-14-8-5-11)10-3-2-6-13-10/h2-3,6,12-13H,4-5,7-9H2,1H3. The van der Waals surface area contributed by atoms with E-state index in [-0.39, 0.29) is 5.41 Å². The monoisotopic (exact) mass is 194 g/mol. The normalized spacial score (nSPS) is 20.9. The number of ether oxygens (including phenoxy) is 1. The molecule has 0 amide bonds. The highest BCUT2D eigenvalue weighted by molar-refractivity contribution is 5.19. The van der Waals surface area contributed by atoms with Crippen molar-refractivity contribution in [3.8, 4) is 0 Å². The minimum absolute atomic E-state index is 0.260. The molecule has 0 bridgehead atoms. The summed E-state index contributed by atoms with van der Waals surface area (Å²) >= 11 is 0. The lowest BCUT2D eigenvalue weighted by atomic mass is 9.77. The van der Waals surface area contributed by atoms with Crippen molar-refractivity contribution in [1.29, 1.82) is 0 Å². The van der Waals surface area contributed by atoms with Crippen LogP contribution in [0.2, 0.25) is 0 Å². The first-order valence-electron chi connectivity index (χ1n) is 5.24. The number of aromatic nitrogens is 1. The number of hydrogen-bond acceptors (Lipinski definition) is 2. The molecule has 1 aliphatic heterocycles. The maximum Gasteiger partial charge on any atom is 0.0475 e. The van der Waals surface area contributed by atoms with Crippen LogP contribution < -0.4 is 5.32 Å². The third kappa shape index (κ3) is 1.70. The zero-order valence-electron chi connectivity index (χ0n) is 8.68. The summed E-state index contributed by atoms with van der Waals surface area (Å²) in [5.74, 6) is 0. The summed E-state index contributed by atoms with van der Waals surface area (Å²) in [6, 6.07) is 4.25. The molecule has 3 heteroatoms. The maximum atomic E-state index is 5.43. The molecule has 2 heterocycles. The molecule has 2 rings (SSSR count). The number of nitrogens with one attached hydrogen (secondary N) is 2. The molecule has 1 aliphatic rings. The van der Waals surface area contributed by atoms with Gasteiger partial charge in [-0.1, -0.05) is 0 Å². The Hall–Kier alpha value is -0.800. The van der Waals surface area contributed by atoms with E-state index in [1.807, 2.05) is 13.2 Å². The van der Waals surface area contributed by atoms with E-state index in [0.717, 1.165) is 32.6 Å². The SMILES string of the molecule is CNCC1(c2ccc[nH]2)CCOCC1. The Kier molecular flexibility index (Phi) is 2.89. The molecule has 0 radical (unpaired) electrons. The van der Waals surface area contributed by atoms with Crippen molar-refractivity contribution in [3.05, 3.63) is 24.0 Å². The lowest BCUT2D eigenvalue weighted by Crippen LogP contribution is -2.42. The highest BCUT2D eigenvalue weighted by Gasteiger charge is 2.34. The molecule has 0 unspecified atom stereocenters. The first-order valence-corrected chi connectivity index (χ1v) is 5.24. The van der Waals surface area contributed by atoms with Crippen LogP contribution in [0, 0.1) is 0 Å². The van der Waals surface area contributed by atoms with E-state index >= 15 is 0 Å². The van der Waals surface area contributed by atoms with Gasteiger partial charge in [-0.15, -0.1) is 0 Å². The number of rotatable bonds is 3. The van der Waals surface area contributed by atoms with Crippen molar-refractivity contribution in [2.24, 2.45) is 0 Å². The van der Waals surface area contributed by atoms with Gasteiger partial charge >= 0.3 is 0 Å². The van der Waals surface area contributed by atoms with E-state index in [9.17, 15) is 0 Å². The van der Waals surface area contributed by atoms with Crippen molar-refractivity contribution in [1.82, 2.24) is 10.3 Å². The maximum absolute atomic E-state index is 5.43. The van der Waals surface area contributed by atoms with Gasteiger partial charge in [-0.2, -0.15) is 0 Å². The highest BCUT2D eigenvalue weighted by atomic mass is 16.5. The Morgan fingerprint density at radius 3 is 2.86 bits per heavy atom. The van der Waals surface area contributed by atoms with Crippen molar-refractivity contribution in [3.63, 3.8) is 0 Å². The number of aromatic amines is 1. The molecule has 2 N–H and O–H groups in total. The fraction of sp³-hybridized carbons (Fsp3) is 0.636. The van der Waals surface area contributed by atoms with Crippen LogP contribution in [0.25, 0.3) is 0 Å². The zero-order valence-corrected chi connectivity index (χ0v) is 8.68. The molecular weight excluding hydrogens is 176 g/mol. The predicted octanol–water partition coefficient (Wildman–Crippen LogP) is 1.28. The van der Waals surface area contributed by atoms with Gasteiger partial charge in [0.25, 0.3) is 0 Å². The summed E-state index contributed by atoms with van der Waals surface area (Å²) in [4.78, 5) is 3.34. The Balaban J connectivity index is 2.20.